The molecule has 0 aliphatic carbocycles. The first-order chi connectivity index (χ1) is 4.46. The van der Waals surface area contributed by atoms with E-state index in [4.69, 9.17) is 10.8 Å². The van der Waals surface area contributed by atoms with Crippen molar-refractivity contribution in [1.82, 2.24) is 0 Å². The zero-order valence-electron chi connectivity index (χ0n) is 4.89. The molecule has 0 radical (unpaired) electrons. The van der Waals surface area contributed by atoms with Gasteiger partial charge in [-0.15, -0.1) is 0 Å². The van der Waals surface area contributed by atoms with Crippen molar-refractivity contribution >= 4 is 37.1 Å². The monoisotopic (exact) mass is 181 g/mol. The zero-order valence-corrected chi connectivity index (χ0v) is 6.68. The van der Waals surface area contributed by atoms with Gasteiger partial charge in [-0.25, -0.2) is 0 Å². The Morgan fingerprint density at radius 3 is 1.80 bits per heavy atom. The van der Waals surface area contributed by atoms with Crippen LogP contribution in [-0.2, 0) is 9.59 Å². The minimum absolute atomic E-state index is 0.852. The Morgan fingerprint density at radius 2 is 1.80 bits per heavy atom. The van der Waals surface area contributed by atoms with Crippen molar-refractivity contribution in [3.63, 3.8) is 0 Å². The highest BCUT2D eigenvalue weighted by molar-refractivity contribution is 7.99. The van der Waals surface area contributed by atoms with Gasteiger partial charge in [-0.2, -0.15) is 25.3 Å². The van der Waals surface area contributed by atoms with Gasteiger partial charge < -0.3 is 10.8 Å². The largest absolute Gasteiger partial charge is 0.481 e. The zero-order chi connectivity index (χ0) is 8.31. The summed E-state index contributed by atoms with van der Waals surface area (Å²) in [6, 6.07) is 0. The number of rotatable bonds is 3. The van der Waals surface area contributed by atoms with E-state index in [-0.39, 0.29) is 0 Å². The predicted molar refractivity (Wildman–Crippen MR) is 42.1 cm³/mol. The maximum absolute atomic E-state index is 10.3. The fourth-order valence-electron chi connectivity index (χ4n) is 0.396. The Morgan fingerprint density at radius 1 is 1.40 bits per heavy atom. The SMILES string of the molecule is NC(=O)C(C(=O)O)C(S)S. The van der Waals surface area contributed by atoms with Crippen LogP contribution in [0.1, 0.15) is 0 Å². The van der Waals surface area contributed by atoms with E-state index in [0.717, 1.165) is 0 Å². The summed E-state index contributed by atoms with van der Waals surface area (Å²) >= 11 is 7.31. The number of amides is 1. The number of hydrogen-bond donors (Lipinski definition) is 4. The second-order valence-corrected chi connectivity index (χ2v) is 3.15. The van der Waals surface area contributed by atoms with Crippen LogP contribution < -0.4 is 5.73 Å². The minimum Gasteiger partial charge on any atom is -0.481 e. The molecule has 1 unspecified atom stereocenters. The van der Waals surface area contributed by atoms with Gasteiger partial charge >= 0.3 is 5.97 Å². The smallest absolute Gasteiger partial charge is 0.318 e. The number of thiol groups is 2. The van der Waals surface area contributed by atoms with Gasteiger partial charge in [0.15, 0.2) is 5.92 Å². The normalized spacial score (nSPS) is 13.1. The van der Waals surface area contributed by atoms with Crippen LogP contribution in [0, 0.1) is 5.92 Å². The van der Waals surface area contributed by atoms with Crippen molar-refractivity contribution < 1.29 is 14.7 Å². The highest BCUT2D eigenvalue weighted by atomic mass is 32.2. The number of primary amides is 1. The van der Waals surface area contributed by atoms with E-state index in [0.29, 0.717) is 0 Å². The molecule has 0 aromatic carbocycles. The third kappa shape index (κ3) is 2.49. The third-order valence-electron chi connectivity index (χ3n) is 0.871. The number of carbonyl (C=O) groups excluding carboxylic acids is 1. The summed E-state index contributed by atoms with van der Waals surface area (Å²) in [5, 5.41) is 8.32. The summed E-state index contributed by atoms with van der Waals surface area (Å²) in [6.07, 6.45) is 0. The lowest BCUT2D eigenvalue weighted by molar-refractivity contribution is -0.145. The predicted octanol–water partition coefficient (Wildman–Crippen LogP) is -0.642. The van der Waals surface area contributed by atoms with Gasteiger partial charge in [0.05, 0.1) is 4.58 Å². The van der Waals surface area contributed by atoms with Crippen LogP contribution in [0.2, 0.25) is 0 Å². The van der Waals surface area contributed by atoms with Crippen LogP contribution >= 0.6 is 25.3 Å². The fraction of sp³-hybridized carbons (Fsp3) is 0.500. The topological polar surface area (TPSA) is 80.4 Å². The van der Waals surface area contributed by atoms with Crippen molar-refractivity contribution in [3.8, 4) is 0 Å². The molecule has 0 aromatic heterocycles. The van der Waals surface area contributed by atoms with Crippen LogP contribution in [0.3, 0.4) is 0 Å². The van der Waals surface area contributed by atoms with Crippen LogP contribution in [-0.4, -0.2) is 21.6 Å². The average molecular weight is 181 g/mol. The number of carbonyl (C=O) groups is 2. The molecule has 0 saturated heterocycles. The van der Waals surface area contributed by atoms with Gasteiger partial charge in [-0.1, -0.05) is 0 Å². The molecule has 0 bridgehead atoms. The number of nitrogens with two attached hydrogens (primary N) is 1. The molecule has 0 fully saturated rings. The quantitative estimate of drug-likeness (QED) is 0.265. The van der Waals surface area contributed by atoms with E-state index in [1.54, 1.807) is 0 Å². The second kappa shape index (κ2) is 3.72. The molecule has 0 heterocycles. The molecule has 0 aromatic rings. The molecule has 3 N–H and O–H groups in total. The maximum atomic E-state index is 10.3. The molecule has 0 aliphatic heterocycles. The van der Waals surface area contributed by atoms with E-state index >= 15 is 0 Å². The number of hydrogen-bond acceptors (Lipinski definition) is 4. The van der Waals surface area contributed by atoms with Crippen LogP contribution in [0.5, 0.6) is 0 Å². The summed E-state index contributed by atoms with van der Waals surface area (Å²) in [4.78, 5) is 20.5. The Balaban J connectivity index is 4.27. The van der Waals surface area contributed by atoms with Gasteiger partial charge in [0.1, 0.15) is 0 Å². The summed E-state index contributed by atoms with van der Waals surface area (Å²) in [7, 11) is 0. The molecule has 10 heavy (non-hydrogen) atoms. The lowest BCUT2D eigenvalue weighted by Gasteiger charge is -2.09. The molecule has 6 heteroatoms. The van der Waals surface area contributed by atoms with E-state index in [2.05, 4.69) is 25.3 Å². The van der Waals surface area contributed by atoms with Crippen LogP contribution in [0.4, 0.5) is 0 Å². The first kappa shape index (κ1) is 9.64. The molecule has 1 atom stereocenters. The number of carboxylic acids is 1. The first-order valence-electron chi connectivity index (χ1n) is 2.35. The third-order valence-corrected chi connectivity index (χ3v) is 1.47. The molecule has 0 rings (SSSR count). The van der Waals surface area contributed by atoms with Gasteiger partial charge in [0.2, 0.25) is 5.91 Å². The average Bonchev–Trinajstić information content (AvgIpc) is 1.59. The van der Waals surface area contributed by atoms with E-state index in [1.807, 2.05) is 0 Å². The summed E-state index contributed by atoms with van der Waals surface area (Å²) in [5.41, 5.74) is 4.72. The summed E-state index contributed by atoms with van der Waals surface area (Å²) in [6.45, 7) is 0. The molecular formula is C4H7NO3S2. The summed E-state index contributed by atoms with van der Waals surface area (Å²) in [5.74, 6) is -3.56. The van der Waals surface area contributed by atoms with Gasteiger partial charge in [0.25, 0.3) is 0 Å². The molecule has 58 valence electrons. The standard InChI is InChI=1S/C4H7NO3S2/c5-2(6)1(3(7)8)4(9)10/h1,4,9-10H,(H2,5,6)(H,7,8). The van der Waals surface area contributed by atoms with Gasteiger partial charge in [-0.3, -0.25) is 9.59 Å². The van der Waals surface area contributed by atoms with Crippen LogP contribution in [0.25, 0.3) is 0 Å². The Hall–Kier alpha value is -0.360. The van der Waals surface area contributed by atoms with E-state index < -0.39 is 22.4 Å². The number of aliphatic carboxylic acids is 1. The summed E-state index contributed by atoms with van der Waals surface area (Å²) < 4.78 is -0.852. The maximum Gasteiger partial charge on any atom is 0.318 e. The Kier molecular flexibility index (Phi) is 3.59. The van der Waals surface area contributed by atoms with Crippen molar-refractivity contribution in [2.45, 2.75) is 4.58 Å². The van der Waals surface area contributed by atoms with Crippen molar-refractivity contribution in [1.29, 1.82) is 0 Å². The Bertz CT molecular complexity index is 145. The molecule has 4 nitrogen and oxygen atoms in total. The van der Waals surface area contributed by atoms with E-state index in [1.165, 1.54) is 0 Å². The number of carboxylic acid groups (broad SMARTS) is 1. The van der Waals surface area contributed by atoms with Crippen molar-refractivity contribution in [2.75, 3.05) is 0 Å². The van der Waals surface area contributed by atoms with Gasteiger partial charge in [0, 0.05) is 0 Å². The van der Waals surface area contributed by atoms with E-state index in [9.17, 15) is 9.59 Å². The molecule has 0 aliphatic rings. The Labute approximate surface area is 68.6 Å². The fourth-order valence-corrected chi connectivity index (χ4v) is 0.945. The minimum atomic E-state index is -1.33. The van der Waals surface area contributed by atoms with Crippen molar-refractivity contribution in [3.05, 3.63) is 0 Å². The van der Waals surface area contributed by atoms with Gasteiger partial charge in [-0.05, 0) is 0 Å². The first-order valence-corrected chi connectivity index (χ1v) is 3.38. The molecule has 0 saturated carbocycles. The van der Waals surface area contributed by atoms with Crippen molar-refractivity contribution in [2.24, 2.45) is 11.7 Å². The highest BCUT2D eigenvalue weighted by Gasteiger charge is 2.28. The lowest BCUT2D eigenvalue weighted by atomic mass is 10.2. The molecule has 0 spiro atoms. The second-order valence-electron chi connectivity index (χ2n) is 1.63. The molecule has 1 amide bonds. The molecular weight excluding hydrogens is 174 g/mol. The highest BCUT2D eigenvalue weighted by Crippen LogP contribution is 2.13. The lowest BCUT2D eigenvalue weighted by Crippen LogP contribution is -2.34. The van der Waals surface area contributed by atoms with Crippen LogP contribution in [0.15, 0.2) is 0 Å².